The summed E-state index contributed by atoms with van der Waals surface area (Å²) in [7, 11) is -2.87. The van der Waals surface area contributed by atoms with Crippen molar-refractivity contribution in [3.05, 3.63) is 0 Å². The van der Waals surface area contributed by atoms with E-state index >= 15 is 0 Å². The van der Waals surface area contributed by atoms with E-state index in [2.05, 4.69) is 0 Å². The molecule has 0 aromatic carbocycles. The van der Waals surface area contributed by atoms with Gasteiger partial charge in [-0.05, 0) is 0 Å². The highest BCUT2D eigenvalue weighted by atomic mass is 32.2. The van der Waals surface area contributed by atoms with Crippen LogP contribution in [0.5, 0.6) is 0 Å². The first kappa shape index (κ1) is 9.51. The molecule has 0 radical (unpaired) electrons. The summed E-state index contributed by atoms with van der Waals surface area (Å²) in [5.74, 6) is 0.389. The molecule has 0 saturated carbocycles. The van der Waals surface area contributed by atoms with Crippen molar-refractivity contribution in [2.24, 2.45) is 5.92 Å². The number of amides is 1. The van der Waals surface area contributed by atoms with Crippen molar-refractivity contribution in [3.8, 4) is 0 Å². The molecule has 1 aliphatic rings. The van der Waals surface area contributed by atoms with Gasteiger partial charge in [0.25, 0.3) is 0 Å². The van der Waals surface area contributed by atoms with Crippen LogP contribution in [-0.4, -0.2) is 44.3 Å². The molecule has 1 heterocycles. The quantitative estimate of drug-likeness (QED) is 0.592. The van der Waals surface area contributed by atoms with Crippen molar-refractivity contribution >= 4 is 15.7 Å². The molecule has 0 aromatic rings. The van der Waals surface area contributed by atoms with Crippen molar-refractivity contribution in [3.63, 3.8) is 0 Å². The lowest BCUT2D eigenvalue weighted by Gasteiger charge is -2.38. The molecule has 0 bridgehead atoms. The second-order valence-corrected chi connectivity index (χ2v) is 5.57. The van der Waals surface area contributed by atoms with Gasteiger partial charge in [-0.3, -0.25) is 4.79 Å². The first-order chi connectivity index (χ1) is 5.38. The minimum atomic E-state index is -2.87. The third kappa shape index (κ3) is 2.48. The van der Waals surface area contributed by atoms with Crippen molar-refractivity contribution < 1.29 is 13.2 Å². The van der Waals surface area contributed by atoms with E-state index in [-0.39, 0.29) is 17.6 Å². The van der Waals surface area contributed by atoms with Crippen LogP contribution in [-0.2, 0) is 14.6 Å². The number of carbonyl (C=O) groups excluding carboxylic acids is 1. The van der Waals surface area contributed by atoms with Gasteiger partial charge in [0.1, 0.15) is 9.84 Å². The molecule has 1 rings (SSSR count). The lowest BCUT2D eigenvalue weighted by Crippen LogP contribution is -2.51. The minimum absolute atomic E-state index is 0.0275. The summed E-state index contributed by atoms with van der Waals surface area (Å²) in [5.41, 5.74) is 0. The molecule has 12 heavy (non-hydrogen) atoms. The van der Waals surface area contributed by atoms with Crippen LogP contribution in [0.4, 0.5) is 0 Å². The summed E-state index contributed by atoms with van der Waals surface area (Å²) in [6, 6.07) is 0. The maximum Gasteiger partial charge on any atom is 0.219 e. The monoisotopic (exact) mass is 191 g/mol. The van der Waals surface area contributed by atoms with Gasteiger partial charge in [-0.2, -0.15) is 0 Å². The molecule has 70 valence electrons. The Hall–Kier alpha value is -0.580. The van der Waals surface area contributed by atoms with Crippen LogP contribution >= 0.6 is 0 Å². The Bertz CT molecular complexity index is 277. The van der Waals surface area contributed by atoms with Gasteiger partial charge in [-0.25, -0.2) is 8.42 Å². The predicted octanol–water partition coefficient (Wildman–Crippen LogP) is -0.491. The van der Waals surface area contributed by atoms with Gasteiger partial charge in [-0.1, -0.05) is 0 Å². The summed E-state index contributed by atoms with van der Waals surface area (Å²) in [4.78, 5) is 12.4. The average Bonchev–Trinajstić information content (AvgIpc) is 1.74. The molecule has 0 aliphatic carbocycles. The molecule has 1 amide bonds. The van der Waals surface area contributed by atoms with Gasteiger partial charge < -0.3 is 4.90 Å². The Morgan fingerprint density at radius 2 is 2.00 bits per heavy atom. The van der Waals surface area contributed by atoms with Gasteiger partial charge in [0.2, 0.25) is 5.91 Å². The number of likely N-dealkylation sites (tertiary alicyclic amines) is 1. The Balaban J connectivity index is 2.32. The summed E-state index contributed by atoms with van der Waals surface area (Å²) in [5, 5.41) is 0. The summed E-state index contributed by atoms with van der Waals surface area (Å²) < 4.78 is 21.6. The average molecular weight is 191 g/mol. The van der Waals surface area contributed by atoms with Crippen molar-refractivity contribution in [2.45, 2.75) is 6.92 Å². The van der Waals surface area contributed by atoms with Crippen LogP contribution in [0.2, 0.25) is 0 Å². The molecule has 0 spiro atoms. The van der Waals surface area contributed by atoms with Gasteiger partial charge in [0, 0.05) is 32.2 Å². The number of hydrogen-bond donors (Lipinski definition) is 0. The van der Waals surface area contributed by atoms with Crippen molar-refractivity contribution in [1.82, 2.24) is 4.90 Å². The lowest BCUT2D eigenvalue weighted by atomic mass is 10.0. The second kappa shape index (κ2) is 3.05. The fourth-order valence-electron chi connectivity index (χ4n) is 1.36. The minimum Gasteiger partial charge on any atom is -0.342 e. The number of sulfone groups is 1. The number of nitrogens with zero attached hydrogens (tertiary/aromatic N) is 1. The fourth-order valence-corrected chi connectivity index (χ4v) is 2.43. The third-order valence-electron chi connectivity index (χ3n) is 1.94. The van der Waals surface area contributed by atoms with Gasteiger partial charge in [-0.15, -0.1) is 0 Å². The zero-order chi connectivity index (χ0) is 9.35. The fraction of sp³-hybridized carbons (Fsp3) is 0.857. The maximum absolute atomic E-state index is 10.8. The Morgan fingerprint density at radius 3 is 2.33 bits per heavy atom. The molecule has 4 nitrogen and oxygen atoms in total. The van der Waals surface area contributed by atoms with E-state index in [0.29, 0.717) is 13.1 Å². The Morgan fingerprint density at radius 1 is 1.50 bits per heavy atom. The van der Waals surface area contributed by atoms with Crippen LogP contribution in [0.15, 0.2) is 0 Å². The lowest BCUT2D eigenvalue weighted by molar-refractivity contribution is -0.134. The zero-order valence-electron chi connectivity index (χ0n) is 7.28. The standard InChI is InChI=1S/C7H13NO3S/c1-6(9)8-3-7(4-8)5-12(2,10)11/h7H,3-5H2,1-2H3. The third-order valence-corrected chi connectivity index (χ3v) is 3.02. The second-order valence-electron chi connectivity index (χ2n) is 3.38. The van der Waals surface area contributed by atoms with Crippen molar-refractivity contribution in [1.29, 1.82) is 0 Å². The van der Waals surface area contributed by atoms with Crippen LogP contribution in [0, 0.1) is 5.92 Å². The van der Waals surface area contributed by atoms with Crippen LogP contribution in [0.1, 0.15) is 6.92 Å². The molecule has 0 atom stereocenters. The highest BCUT2D eigenvalue weighted by molar-refractivity contribution is 7.90. The molecule has 1 fully saturated rings. The molecule has 1 saturated heterocycles. The van der Waals surface area contributed by atoms with E-state index in [1.165, 1.54) is 13.2 Å². The van der Waals surface area contributed by atoms with Crippen LogP contribution in [0.3, 0.4) is 0 Å². The first-order valence-electron chi connectivity index (χ1n) is 3.82. The summed E-state index contributed by atoms with van der Waals surface area (Å²) >= 11 is 0. The highest BCUT2D eigenvalue weighted by Crippen LogP contribution is 2.16. The van der Waals surface area contributed by atoms with Crippen LogP contribution < -0.4 is 0 Å². The van der Waals surface area contributed by atoms with Crippen LogP contribution in [0.25, 0.3) is 0 Å². The van der Waals surface area contributed by atoms with E-state index in [1.807, 2.05) is 0 Å². The smallest absolute Gasteiger partial charge is 0.219 e. The normalized spacial score (nSPS) is 19.0. The molecular formula is C7H13NO3S. The molecule has 0 N–H and O–H groups in total. The molecule has 0 unspecified atom stereocenters. The molecule has 5 heteroatoms. The van der Waals surface area contributed by atoms with E-state index in [1.54, 1.807) is 4.90 Å². The van der Waals surface area contributed by atoms with E-state index < -0.39 is 9.84 Å². The Kier molecular flexibility index (Phi) is 2.41. The largest absolute Gasteiger partial charge is 0.342 e. The van der Waals surface area contributed by atoms with Gasteiger partial charge >= 0.3 is 0 Å². The first-order valence-corrected chi connectivity index (χ1v) is 5.88. The molecule has 1 aliphatic heterocycles. The number of rotatable bonds is 2. The maximum atomic E-state index is 10.8. The molecule has 0 aromatic heterocycles. The zero-order valence-corrected chi connectivity index (χ0v) is 8.10. The topological polar surface area (TPSA) is 54.5 Å². The van der Waals surface area contributed by atoms with Crippen molar-refractivity contribution in [2.75, 3.05) is 25.1 Å². The van der Waals surface area contributed by atoms with Gasteiger partial charge in [0.15, 0.2) is 0 Å². The number of carbonyl (C=O) groups is 1. The highest BCUT2D eigenvalue weighted by Gasteiger charge is 2.30. The van der Waals surface area contributed by atoms with E-state index in [4.69, 9.17) is 0 Å². The van der Waals surface area contributed by atoms with E-state index in [9.17, 15) is 13.2 Å². The molecular weight excluding hydrogens is 178 g/mol. The van der Waals surface area contributed by atoms with Gasteiger partial charge in [0.05, 0.1) is 5.75 Å². The summed E-state index contributed by atoms with van der Waals surface area (Å²) in [6.07, 6.45) is 1.23. The Labute approximate surface area is 72.5 Å². The predicted molar refractivity (Wildman–Crippen MR) is 45.5 cm³/mol. The SMILES string of the molecule is CC(=O)N1CC(CS(C)(=O)=O)C1. The number of hydrogen-bond acceptors (Lipinski definition) is 3. The van der Waals surface area contributed by atoms with E-state index in [0.717, 1.165) is 0 Å². The summed E-state index contributed by atoms with van der Waals surface area (Å²) in [6.45, 7) is 2.70.